The first-order valence-corrected chi connectivity index (χ1v) is 9.47. The first-order valence-electron chi connectivity index (χ1n) is 9.47. The maximum atomic E-state index is 13.9. The van der Waals surface area contributed by atoms with Gasteiger partial charge in [0.25, 0.3) is 5.91 Å². The van der Waals surface area contributed by atoms with Crippen LogP contribution in [0.15, 0.2) is 24.3 Å². The molecule has 2 saturated heterocycles. The van der Waals surface area contributed by atoms with Crippen molar-refractivity contribution in [3.8, 4) is 0 Å². The van der Waals surface area contributed by atoms with Gasteiger partial charge >= 0.3 is 12.0 Å². The van der Waals surface area contributed by atoms with E-state index in [2.05, 4.69) is 5.32 Å². The number of para-hydroxylation sites is 1. The van der Waals surface area contributed by atoms with Crippen LogP contribution in [0.1, 0.15) is 12.8 Å². The molecule has 0 unspecified atom stereocenters. The molecule has 0 aromatic heterocycles. The number of nitrogens with zero attached hydrogens (tertiary/aromatic N) is 3. The van der Waals surface area contributed by atoms with Crippen LogP contribution in [0.4, 0.5) is 14.9 Å². The fraction of sp³-hybridized carbons (Fsp3) is 0.474. The standard InChI is InChI=1S/C19H23FN4O5/c20-14-4-1-2-5-15(14)22-8-10-23(11-9-22)17(26)13-29-18(27)6-3-7-24-16(25)12-21-19(24)28/h1-2,4-5H,3,6-13H2,(H,21,28). The molecule has 0 saturated carbocycles. The van der Waals surface area contributed by atoms with Gasteiger partial charge in [-0.3, -0.25) is 19.3 Å². The molecule has 29 heavy (non-hydrogen) atoms. The zero-order valence-electron chi connectivity index (χ0n) is 15.9. The van der Waals surface area contributed by atoms with E-state index in [9.17, 15) is 23.6 Å². The average molecular weight is 406 g/mol. The molecule has 3 rings (SSSR count). The molecule has 1 aromatic carbocycles. The molecule has 156 valence electrons. The molecule has 0 aliphatic carbocycles. The van der Waals surface area contributed by atoms with Gasteiger partial charge in [-0.1, -0.05) is 12.1 Å². The highest BCUT2D eigenvalue weighted by Crippen LogP contribution is 2.20. The van der Waals surface area contributed by atoms with Gasteiger partial charge in [-0.25, -0.2) is 9.18 Å². The minimum Gasteiger partial charge on any atom is -0.456 e. The quantitative estimate of drug-likeness (QED) is 0.518. The van der Waals surface area contributed by atoms with Crippen molar-refractivity contribution in [2.24, 2.45) is 0 Å². The van der Waals surface area contributed by atoms with Crippen molar-refractivity contribution >= 4 is 29.5 Å². The van der Waals surface area contributed by atoms with Gasteiger partial charge in [0.15, 0.2) is 6.61 Å². The molecule has 2 fully saturated rings. The van der Waals surface area contributed by atoms with Crippen LogP contribution in [0.25, 0.3) is 0 Å². The lowest BCUT2D eigenvalue weighted by Gasteiger charge is -2.36. The second-order valence-corrected chi connectivity index (χ2v) is 6.79. The highest BCUT2D eigenvalue weighted by atomic mass is 19.1. The summed E-state index contributed by atoms with van der Waals surface area (Å²) in [4.78, 5) is 51.4. The minimum atomic E-state index is -0.560. The molecule has 0 atom stereocenters. The summed E-state index contributed by atoms with van der Waals surface area (Å²) in [6, 6.07) is 6.03. The van der Waals surface area contributed by atoms with Gasteiger partial charge in [-0.05, 0) is 18.6 Å². The molecule has 10 heteroatoms. The molecule has 1 aromatic rings. The van der Waals surface area contributed by atoms with E-state index in [1.807, 2.05) is 4.90 Å². The first kappa shape index (κ1) is 20.6. The van der Waals surface area contributed by atoms with E-state index in [0.29, 0.717) is 31.9 Å². The van der Waals surface area contributed by atoms with Crippen molar-refractivity contribution in [1.82, 2.24) is 15.1 Å². The number of hydrogen-bond donors (Lipinski definition) is 1. The Kier molecular flexibility index (Phi) is 6.63. The van der Waals surface area contributed by atoms with E-state index in [0.717, 1.165) is 4.90 Å². The number of benzene rings is 1. The summed E-state index contributed by atoms with van der Waals surface area (Å²) in [6.07, 6.45) is 0.277. The molecule has 4 amide bonds. The number of imide groups is 1. The Hall–Kier alpha value is -3.17. The molecule has 9 nitrogen and oxygen atoms in total. The van der Waals surface area contributed by atoms with Gasteiger partial charge < -0.3 is 19.9 Å². The molecule has 0 radical (unpaired) electrons. The van der Waals surface area contributed by atoms with E-state index in [4.69, 9.17) is 4.74 Å². The van der Waals surface area contributed by atoms with E-state index >= 15 is 0 Å². The Morgan fingerprint density at radius 2 is 1.83 bits per heavy atom. The second-order valence-electron chi connectivity index (χ2n) is 6.79. The lowest BCUT2D eigenvalue weighted by Crippen LogP contribution is -2.50. The monoisotopic (exact) mass is 406 g/mol. The summed E-state index contributed by atoms with van der Waals surface area (Å²) >= 11 is 0. The van der Waals surface area contributed by atoms with Gasteiger partial charge in [0.1, 0.15) is 5.82 Å². The minimum absolute atomic E-state index is 0.00536. The van der Waals surface area contributed by atoms with Gasteiger partial charge in [0.2, 0.25) is 5.91 Å². The van der Waals surface area contributed by atoms with Crippen molar-refractivity contribution in [2.45, 2.75) is 12.8 Å². The number of amides is 4. The third-order valence-electron chi connectivity index (χ3n) is 4.88. The van der Waals surface area contributed by atoms with Gasteiger partial charge in [-0.15, -0.1) is 0 Å². The molecular weight excluding hydrogens is 383 g/mol. The summed E-state index contributed by atoms with van der Waals surface area (Å²) in [5.74, 6) is -1.49. The number of nitrogens with one attached hydrogen (secondary N) is 1. The third-order valence-corrected chi connectivity index (χ3v) is 4.88. The number of rotatable bonds is 7. The van der Waals surface area contributed by atoms with Crippen LogP contribution in [0, 0.1) is 5.82 Å². The van der Waals surface area contributed by atoms with E-state index in [-0.39, 0.29) is 50.2 Å². The molecule has 2 aliphatic rings. The zero-order valence-corrected chi connectivity index (χ0v) is 15.9. The number of urea groups is 1. The van der Waals surface area contributed by atoms with Crippen LogP contribution in [-0.4, -0.2) is 79.5 Å². The van der Waals surface area contributed by atoms with Crippen LogP contribution in [0.3, 0.4) is 0 Å². The van der Waals surface area contributed by atoms with Crippen LogP contribution < -0.4 is 10.2 Å². The maximum Gasteiger partial charge on any atom is 0.324 e. The number of piperazine rings is 1. The Morgan fingerprint density at radius 1 is 1.10 bits per heavy atom. The molecule has 1 N–H and O–H groups in total. The van der Waals surface area contributed by atoms with Crippen molar-refractivity contribution in [3.05, 3.63) is 30.1 Å². The fourth-order valence-corrected chi connectivity index (χ4v) is 3.27. The lowest BCUT2D eigenvalue weighted by atomic mass is 10.2. The highest BCUT2D eigenvalue weighted by molar-refractivity contribution is 6.01. The molecule has 2 heterocycles. The summed E-state index contributed by atoms with van der Waals surface area (Å²) in [6.45, 7) is 1.56. The molecule has 0 spiro atoms. The summed E-state index contributed by atoms with van der Waals surface area (Å²) in [5, 5.41) is 2.40. The fourth-order valence-electron chi connectivity index (χ4n) is 3.27. The largest absolute Gasteiger partial charge is 0.456 e. The topological polar surface area (TPSA) is 99.3 Å². The number of hydrogen-bond acceptors (Lipinski definition) is 6. The summed E-state index contributed by atoms with van der Waals surface area (Å²) in [5.41, 5.74) is 0.510. The molecule has 0 bridgehead atoms. The van der Waals surface area contributed by atoms with E-state index in [1.165, 1.54) is 6.07 Å². The van der Waals surface area contributed by atoms with Crippen LogP contribution in [0.2, 0.25) is 0 Å². The Bertz CT molecular complexity index is 779. The highest BCUT2D eigenvalue weighted by Gasteiger charge is 2.28. The predicted octanol–water partition coefficient (Wildman–Crippen LogP) is 0.350. The Labute approximate surface area is 167 Å². The maximum absolute atomic E-state index is 13.9. The number of carbonyl (C=O) groups excluding carboxylic acids is 4. The SMILES string of the molecule is O=C(CCCN1C(=O)CNC1=O)OCC(=O)N1CCN(c2ccccc2F)CC1. The number of esters is 1. The molecule has 2 aliphatic heterocycles. The summed E-state index contributed by atoms with van der Waals surface area (Å²) in [7, 11) is 0. The summed E-state index contributed by atoms with van der Waals surface area (Å²) < 4.78 is 18.9. The van der Waals surface area contributed by atoms with Crippen molar-refractivity contribution in [2.75, 3.05) is 50.8 Å². The number of carbonyl (C=O) groups is 4. The number of halogens is 1. The van der Waals surface area contributed by atoms with Gasteiger partial charge in [-0.2, -0.15) is 0 Å². The van der Waals surface area contributed by atoms with E-state index < -0.39 is 12.0 Å². The lowest BCUT2D eigenvalue weighted by molar-refractivity contribution is -0.152. The first-order chi connectivity index (χ1) is 14.0. The van der Waals surface area contributed by atoms with Crippen LogP contribution >= 0.6 is 0 Å². The van der Waals surface area contributed by atoms with Crippen molar-refractivity contribution in [3.63, 3.8) is 0 Å². The second kappa shape index (κ2) is 9.35. The Balaban J connectivity index is 1.34. The smallest absolute Gasteiger partial charge is 0.324 e. The van der Waals surface area contributed by atoms with Gasteiger partial charge in [0, 0.05) is 39.1 Å². The Morgan fingerprint density at radius 3 is 2.48 bits per heavy atom. The predicted molar refractivity (Wildman–Crippen MR) is 100 cm³/mol. The van der Waals surface area contributed by atoms with Gasteiger partial charge in [0.05, 0.1) is 12.2 Å². The van der Waals surface area contributed by atoms with Crippen LogP contribution in [0.5, 0.6) is 0 Å². The number of anilines is 1. The number of ether oxygens (including phenoxy) is 1. The van der Waals surface area contributed by atoms with E-state index in [1.54, 1.807) is 23.1 Å². The third kappa shape index (κ3) is 5.21. The molecular formula is C19H23FN4O5. The van der Waals surface area contributed by atoms with Crippen molar-refractivity contribution < 1.29 is 28.3 Å². The normalized spacial score (nSPS) is 16.8. The van der Waals surface area contributed by atoms with Crippen LogP contribution in [-0.2, 0) is 19.1 Å². The van der Waals surface area contributed by atoms with Crippen molar-refractivity contribution in [1.29, 1.82) is 0 Å². The zero-order chi connectivity index (χ0) is 20.8. The average Bonchev–Trinajstić information content (AvgIpc) is 3.04.